The van der Waals surface area contributed by atoms with Crippen LogP contribution in [0.4, 0.5) is 0 Å². The van der Waals surface area contributed by atoms with Gasteiger partial charge in [0.25, 0.3) is 11.8 Å². The van der Waals surface area contributed by atoms with E-state index in [2.05, 4.69) is 16.2 Å². The number of phenolic OH excluding ortho intramolecular Hbond substituents is 1. The minimum Gasteiger partial charge on any atom is -0.507 e. The monoisotopic (exact) mass is 341 g/mol. The number of hydrogen-bond acceptors (Lipinski definition) is 4. The van der Waals surface area contributed by atoms with Crippen molar-refractivity contribution in [2.24, 2.45) is 0 Å². The number of phenols is 1. The Labute approximate surface area is 145 Å². The fourth-order valence-corrected chi connectivity index (χ4v) is 2.14. The van der Waals surface area contributed by atoms with E-state index in [0.717, 1.165) is 0 Å². The van der Waals surface area contributed by atoms with Gasteiger partial charge in [0.1, 0.15) is 5.75 Å². The summed E-state index contributed by atoms with van der Waals surface area (Å²) < 4.78 is 0. The second-order valence-electron chi connectivity index (χ2n) is 5.46. The zero-order chi connectivity index (χ0) is 18.2. The van der Waals surface area contributed by atoms with E-state index >= 15 is 0 Å². The first-order chi connectivity index (χ1) is 12.0. The van der Waals surface area contributed by atoms with Gasteiger partial charge < -0.3 is 10.4 Å². The molecule has 0 radical (unpaired) electrons. The van der Waals surface area contributed by atoms with Crippen LogP contribution >= 0.6 is 0 Å². The number of amides is 3. The molecule has 0 saturated heterocycles. The van der Waals surface area contributed by atoms with E-state index in [1.165, 1.54) is 12.1 Å². The Kier molecular flexibility index (Phi) is 6.11. The largest absolute Gasteiger partial charge is 0.507 e. The smallest absolute Gasteiger partial charge is 0.273 e. The summed E-state index contributed by atoms with van der Waals surface area (Å²) in [4.78, 5) is 35.7. The Bertz CT molecular complexity index is 762. The van der Waals surface area contributed by atoms with E-state index in [-0.39, 0.29) is 23.6 Å². The molecule has 0 aromatic heterocycles. The van der Waals surface area contributed by atoms with E-state index < -0.39 is 17.9 Å². The van der Waals surface area contributed by atoms with Crippen molar-refractivity contribution in [2.75, 3.05) is 0 Å². The lowest BCUT2D eigenvalue weighted by atomic mass is 10.1. The van der Waals surface area contributed by atoms with Crippen LogP contribution in [0.15, 0.2) is 54.6 Å². The molecule has 7 nitrogen and oxygen atoms in total. The molecule has 0 fully saturated rings. The Morgan fingerprint density at radius 2 is 1.56 bits per heavy atom. The summed E-state index contributed by atoms with van der Waals surface area (Å²) >= 11 is 0. The highest BCUT2D eigenvalue weighted by atomic mass is 16.3. The van der Waals surface area contributed by atoms with Gasteiger partial charge in [-0.3, -0.25) is 25.2 Å². The number of carbonyl (C=O) groups is 3. The second-order valence-corrected chi connectivity index (χ2v) is 5.46. The van der Waals surface area contributed by atoms with Gasteiger partial charge in [0, 0.05) is 18.0 Å². The quantitative estimate of drug-likeness (QED) is 0.616. The lowest BCUT2D eigenvalue weighted by molar-refractivity contribution is -0.122. The summed E-state index contributed by atoms with van der Waals surface area (Å²) in [6, 6.07) is 14.2. The van der Waals surface area contributed by atoms with E-state index in [9.17, 15) is 19.5 Å². The predicted molar refractivity (Wildman–Crippen MR) is 91.7 cm³/mol. The summed E-state index contributed by atoms with van der Waals surface area (Å²) in [5.41, 5.74) is 5.02. The van der Waals surface area contributed by atoms with Crippen LogP contribution in [0.3, 0.4) is 0 Å². The molecule has 0 bridgehead atoms. The zero-order valence-electron chi connectivity index (χ0n) is 13.7. The molecule has 0 aliphatic carbocycles. The maximum Gasteiger partial charge on any atom is 0.273 e. The average molecular weight is 341 g/mol. The van der Waals surface area contributed by atoms with E-state index in [1.54, 1.807) is 49.4 Å². The standard InChI is InChI=1S/C18H19N3O4/c1-12(19-17(24)13-7-3-2-4-8-13)11-16(23)20-21-18(25)14-9-5-6-10-15(14)22/h2-10,12,22H,11H2,1H3,(H,19,24)(H,20,23)(H,21,25). The molecule has 4 N–H and O–H groups in total. The molecule has 25 heavy (non-hydrogen) atoms. The third-order valence-corrected chi connectivity index (χ3v) is 3.37. The van der Waals surface area contributed by atoms with Crippen LogP contribution in [0.25, 0.3) is 0 Å². The number of carbonyl (C=O) groups excluding carboxylic acids is 3. The molecule has 0 saturated carbocycles. The van der Waals surface area contributed by atoms with Gasteiger partial charge in [-0.1, -0.05) is 30.3 Å². The molecule has 1 atom stereocenters. The maximum absolute atomic E-state index is 12.0. The lowest BCUT2D eigenvalue weighted by Crippen LogP contribution is -2.44. The van der Waals surface area contributed by atoms with Crippen LogP contribution in [0.5, 0.6) is 5.75 Å². The van der Waals surface area contributed by atoms with Crippen molar-refractivity contribution in [3.05, 3.63) is 65.7 Å². The Balaban J connectivity index is 1.79. The summed E-state index contributed by atoms with van der Waals surface area (Å²) in [6.07, 6.45) is -0.0143. The molecule has 130 valence electrons. The highest BCUT2D eigenvalue weighted by molar-refractivity contribution is 5.98. The van der Waals surface area contributed by atoms with Gasteiger partial charge in [-0.2, -0.15) is 0 Å². The molecule has 2 rings (SSSR count). The summed E-state index contributed by atoms with van der Waals surface area (Å²) in [7, 11) is 0. The summed E-state index contributed by atoms with van der Waals surface area (Å²) in [5.74, 6) is -1.56. The van der Waals surface area contributed by atoms with Gasteiger partial charge in [-0.25, -0.2) is 0 Å². The molecule has 0 aliphatic rings. The SMILES string of the molecule is CC(CC(=O)NNC(=O)c1ccccc1O)NC(=O)c1ccccc1. The molecular formula is C18H19N3O4. The average Bonchev–Trinajstić information content (AvgIpc) is 2.60. The number of hydrazine groups is 1. The van der Waals surface area contributed by atoms with E-state index in [1.807, 2.05) is 0 Å². The van der Waals surface area contributed by atoms with Crippen LogP contribution in [-0.4, -0.2) is 28.9 Å². The Morgan fingerprint density at radius 3 is 2.24 bits per heavy atom. The first kappa shape index (κ1) is 18.0. The topological polar surface area (TPSA) is 108 Å². The van der Waals surface area contributed by atoms with Gasteiger partial charge in [0.15, 0.2) is 0 Å². The third-order valence-electron chi connectivity index (χ3n) is 3.37. The van der Waals surface area contributed by atoms with Gasteiger partial charge in [0.05, 0.1) is 5.56 Å². The number of hydrogen-bond donors (Lipinski definition) is 4. The minimum absolute atomic E-state index is 0.0143. The van der Waals surface area contributed by atoms with E-state index in [0.29, 0.717) is 5.56 Å². The Morgan fingerprint density at radius 1 is 0.920 bits per heavy atom. The highest BCUT2D eigenvalue weighted by Gasteiger charge is 2.15. The van der Waals surface area contributed by atoms with Crippen molar-refractivity contribution in [1.29, 1.82) is 0 Å². The van der Waals surface area contributed by atoms with Crippen molar-refractivity contribution in [1.82, 2.24) is 16.2 Å². The lowest BCUT2D eigenvalue weighted by Gasteiger charge is -2.14. The van der Waals surface area contributed by atoms with Gasteiger partial charge in [0.2, 0.25) is 5.91 Å². The van der Waals surface area contributed by atoms with Crippen molar-refractivity contribution in [3.8, 4) is 5.75 Å². The number of benzene rings is 2. The molecule has 0 spiro atoms. The van der Waals surface area contributed by atoms with Crippen molar-refractivity contribution < 1.29 is 19.5 Å². The fourth-order valence-electron chi connectivity index (χ4n) is 2.14. The van der Waals surface area contributed by atoms with Crippen LogP contribution in [0.1, 0.15) is 34.1 Å². The third kappa shape index (κ3) is 5.35. The van der Waals surface area contributed by atoms with Crippen LogP contribution in [0.2, 0.25) is 0 Å². The predicted octanol–water partition coefficient (Wildman–Crippen LogP) is 1.36. The first-order valence-electron chi connectivity index (χ1n) is 7.70. The van der Waals surface area contributed by atoms with Crippen molar-refractivity contribution >= 4 is 17.7 Å². The normalized spacial score (nSPS) is 11.2. The van der Waals surface area contributed by atoms with Crippen LogP contribution in [0, 0.1) is 0 Å². The van der Waals surface area contributed by atoms with Crippen LogP contribution < -0.4 is 16.2 Å². The molecule has 2 aromatic carbocycles. The zero-order valence-corrected chi connectivity index (χ0v) is 13.7. The molecule has 0 heterocycles. The van der Waals surface area contributed by atoms with Gasteiger partial charge in [-0.15, -0.1) is 0 Å². The Hall–Kier alpha value is -3.35. The summed E-state index contributed by atoms with van der Waals surface area (Å²) in [6.45, 7) is 1.69. The molecular weight excluding hydrogens is 322 g/mol. The minimum atomic E-state index is -0.632. The molecule has 7 heteroatoms. The summed E-state index contributed by atoms with van der Waals surface area (Å²) in [5, 5.41) is 12.3. The number of nitrogens with one attached hydrogen (secondary N) is 3. The van der Waals surface area contributed by atoms with Gasteiger partial charge in [-0.05, 0) is 31.2 Å². The maximum atomic E-state index is 12.0. The van der Waals surface area contributed by atoms with Gasteiger partial charge >= 0.3 is 0 Å². The number of aromatic hydroxyl groups is 1. The molecule has 0 aliphatic heterocycles. The fraction of sp³-hybridized carbons (Fsp3) is 0.167. The van der Waals surface area contributed by atoms with Crippen LogP contribution in [-0.2, 0) is 4.79 Å². The van der Waals surface area contributed by atoms with Crippen molar-refractivity contribution in [3.63, 3.8) is 0 Å². The number of rotatable bonds is 5. The highest BCUT2D eigenvalue weighted by Crippen LogP contribution is 2.14. The second kappa shape index (κ2) is 8.49. The first-order valence-corrected chi connectivity index (χ1v) is 7.70. The van der Waals surface area contributed by atoms with Crippen molar-refractivity contribution in [2.45, 2.75) is 19.4 Å². The molecule has 1 unspecified atom stereocenters. The molecule has 2 aromatic rings. The molecule has 3 amide bonds. The van der Waals surface area contributed by atoms with E-state index in [4.69, 9.17) is 0 Å². The number of para-hydroxylation sites is 1.